The fourth-order valence-electron chi connectivity index (χ4n) is 3.13. The summed E-state index contributed by atoms with van der Waals surface area (Å²) >= 11 is 1.30. The van der Waals surface area contributed by atoms with Crippen molar-refractivity contribution in [1.29, 1.82) is 0 Å². The number of rotatable bonds is 6. The Balaban J connectivity index is 1.68. The average molecular weight is 449 g/mol. The van der Waals surface area contributed by atoms with E-state index in [-0.39, 0.29) is 6.54 Å². The summed E-state index contributed by atoms with van der Waals surface area (Å²) in [4.78, 5) is 29.5. The molecule has 32 heavy (non-hydrogen) atoms. The highest BCUT2D eigenvalue weighted by Gasteiger charge is 2.15. The Bertz CT molecular complexity index is 1320. The maximum absolute atomic E-state index is 12.9. The topological polar surface area (TPSA) is 79.1 Å². The number of carbonyl (C=O) groups excluding carboxylic acids is 2. The van der Waals surface area contributed by atoms with Crippen LogP contribution >= 0.6 is 11.3 Å². The largest absolute Gasteiger partial charge is 0.495 e. The second-order valence-corrected chi connectivity index (χ2v) is 7.72. The van der Waals surface area contributed by atoms with E-state index in [1.807, 2.05) is 42.5 Å². The highest BCUT2D eigenvalue weighted by Crippen LogP contribution is 2.27. The van der Waals surface area contributed by atoms with Crippen LogP contribution in [0.3, 0.4) is 0 Å². The first kappa shape index (κ1) is 21.3. The van der Waals surface area contributed by atoms with Gasteiger partial charge in [-0.25, -0.2) is 0 Å². The minimum absolute atomic E-state index is 0.0904. The molecule has 0 saturated carbocycles. The number of amides is 1. The zero-order valence-corrected chi connectivity index (χ0v) is 18.3. The molecule has 4 aromatic rings. The van der Waals surface area contributed by atoms with Crippen molar-refractivity contribution in [3.05, 3.63) is 83.2 Å². The Morgan fingerprint density at radius 3 is 2.31 bits per heavy atom. The second-order valence-electron chi connectivity index (χ2n) is 6.71. The molecule has 0 radical (unpaired) electrons. The van der Waals surface area contributed by atoms with Crippen LogP contribution in [0.5, 0.6) is 17.2 Å². The van der Waals surface area contributed by atoms with Gasteiger partial charge in [0.05, 0.1) is 18.9 Å². The van der Waals surface area contributed by atoms with E-state index in [4.69, 9.17) is 14.2 Å². The van der Waals surface area contributed by atoms with Crippen molar-refractivity contribution in [3.8, 4) is 17.2 Å². The maximum Gasteiger partial charge on any atom is 0.325 e. The smallest absolute Gasteiger partial charge is 0.325 e. The highest BCUT2D eigenvalue weighted by molar-refractivity contribution is 7.16. The summed E-state index contributed by atoms with van der Waals surface area (Å²) in [5.74, 6) is 1.02. The van der Waals surface area contributed by atoms with Crippen LogP contribution in [0.25, 0.3) is 10.2 Å². The summed E-state index contributed by atoms with van der Waals surface area (Å²) in [5, 5.41) is 0. The van der Waals surface area contributed by atoms with E-state index in [1.54, 1.807) is 42.0 Å². The van der Waals surface area contributed by atoms with Crippen molar-refractivity contribution < 1.29 is 23.8 Å². The molecule has 0 aliphatic heterocycles. The predicted octanol–water partition coefficient (Wildman–Crippen LogP) is 4.42. The number of esters is 1. The number of aromatic nitrogens is 1. The van der Waals surface area contributed by atoms with Crippen LogP contribution in [0, 0.1) is 0 Å². The summed E-state index contributed by atoms with van der Waals surface area (Å²) in [7, 11) is 2.87. The lowest BCUT2D eigenvalue weighted by atomic mass is 10.2. The molecule has 7 nitrogen and oxygen atoms in total. The van der Waals surface area contributed by atoms with Crippen LogP contribution in [0.2, 0.25) is 0 Å². The van der Waals surface area contributed by atoms with E-state index >= 15 is 0 Å². The Hall–Kier alpha value is -3.91. The van der Waals surface area contributed by atoms with Crippen molar-refractivity contribution in [3.63, 3.8) is 0 Å². The first-order chi connectivity index (χ1) is 15.6. The normalized spacial score (nSPS) is 11.4. The van der Waals surface area contributed by atoms with E-state index in [1.165, 1.54) is 18.4 Å². The second kappa shape index (κ2) is 9.49. The number of fused-ring (bicyclic) bond motifs is 1. The van der Waals surface area contributed by atoms with Gasteiger partial charge in [-0.15, -0.1) is 0 Å². The molecule has 0 aliphatic carbocycles. The SMILES string of the molecule is COC(=O)Cn1c(=NC(=O)c2ccc(Oc3ccccc3)cc2)sc2cccc(OC)c21. The Kier molecular flexibility index (Phi) is 6.32. The molecule has 162 valence electrons. The summed E-state index contributed by atoms with van der Waals surface area (Å²) < 4.78 is 18.5. The van der Waals surface area contributed by atoms with Crippen LogP contribution in [0.4, 0.5) is 0 Å². The molecule has 0 atom stereocenters. The molecule has 1 amide bonds. The van der Waals surface area contributed by atoms with Gasteiger partial charge < -0.3 is 18.8 Å². The summed E-state index contributed by atoms with van der Waals surface area (Å²) in [5.41, 5.74) is 1.09. The highest BCUT2D eigenvalue weighted by atomic mass is 32.1. The molecule has 4 rings (SSSR count). The first-order valence-electron chi connectivity index (χ1n) is 9.74. The molecule has 0 unspecified atom stereocenters. The molecular formula is C24H20N2O5S. The molecular weight excluding hydrogens is 428 g/mol. The van der Waals surface area contributed by atoms with Crippen molar-refractivity contribution in [2.24, 2.45) is 4.99 Å². The van der Waals surface area contributed by atoms with Gasteiger partial charge in [-0.2, -0.15) is 4.99 Å². The quantitative estimate of drug-likeness (QED) is 0.408. The fraction of sp³-hybridized carbons (Fsp3) is 0.125. The monoisotopic (exact) mass is 448 g/mol. The average Bonchev–Trinajstić information content (AvgIpc) is 3.16. The van der Waals surface area contributed by atoms with Gasteiger partial charge in [0, 0.05) is 5.56 Å². The minimum Gasteiger partial charge on any atom is -0.495 e. The molecule has 1 heterocycles. The van der Waals surface area contributed by atoms with Gasteiger partial charge in [-0.3, -0.25) is 9.59 Å². The zero-order valence-electron chi connectivity index (χ0n) is 17.5. The Labute approximate surface area is 188 Å². The van der Waals surface area contributed by atoms with Crippen molar-refractivity contribution in [2.45, 2.75) is 6.54 Å². The van der Waals surface area contributed by atoms with Gasteiger partial charge in [0.2, 0.25) is 0 Å². The fourth-order valence-corrected chi connectivity index (χ4v) is 4.17. The molecule has 8 heteroatoms. The molecule has 0 aliphatic rings. The van der Waals surface area contributed by atoms with E-state index in [0.29, 0.717) is 33.1 Å². The third-order valence-corrected chi connectivity index (χ3v) is 5.72. The predicted molar refractivity (Wildman–Crippen MR) is 121 cm³/mol. The van der Waals surface area contributed by atoms with Crippen molar-refractivity contribution >= 4 is 33.4 Å². The summed E-state index contributed by atoms with van der Waals surface area (Å²) in [6, 6.07) is 21.6. The molecule has 1 aromatic heterocycles. The standard InChI is InChI=1S/C24H20N2O5S/c1-29-19-9-6-10-20-22(19)26(15-21(27)30-2)24(32-20)25-23(28)16-11-13-18(14-12-16)31-17-7-4-3-5-8-17/h3-14H,15H2,1-2H3. The number of benzene rings is 3. The number of methoxy groups -OCH3 is 2. The number of para-hydroxylation sites is 2. The number of carbonyl (C=O) groups is 2. The number of nitrogens with zero attached hydrogens (tertiary/aromatic N) is 2. The van der Waals surface area contributed by atoms with Gasteiger partial charge >= 0.3 is 5.97 Å². The van der Waals surface area contributed by atoms with E-state index < -0.39 is 11.9 Å². The van der Waals surface area contributed by atoms with Crippen LogP contribution in [0.1, 0.15) is 10.4 Å². The van der Waals surface area contributed by atoms with Gasteiger partial charge in [0.25, 0.3) is 5.91 Å². The third-order valence-electron chi connectivity index (χ3n) is 4.68. The Morgan fingerprint density at radius 2 is 1.62 bits per heavy atom. The molecule has 0 N–H and O–H groups in total. The summed E-state index contributed by atoms with van der Waals surface area (Å²) in [6.07, 6.45) is 0. The van der Waals surface area contributed by atoms with Crippen molar-refractivity contribution in [1.82, 2.24) is 4.57 Å². The zero-order chi connectivity index (χ0) is 22.5. The van der Waals surface area contributed by atoms with Crippen LogP contribution < -0.4 is 14.3 Å². The van der Waals surface area contributed by atoms with Gasteiger partial charge in [0.15, 0.2) is 4.80 Å². The number of thiazole rings is 1. The van der Waals surface area contributed by atoms with E-state index in [2.05, 4.69) is 4.99 Å². The van der Waals surface area contributed by atoms with Crippen LogP contribution in [-0.2, 0) is 16.1 Å². The van der Waals surface area contributed by atoms with E-state index in [0.717, 1.165) is 4.70 Å². The van der Waals surface area contributed by atoms with Gasteiger partial charge in [-0.1, -0.05) is 35.6 Å². The molecule has 0 fully saturated rings. The number of ether oxygens (including phenoxy) is 3. The third kappa shape index (κ3) is 4.55. The van der Waals surface area contributed by atoms with Gasteiger partial charge in [0.1, 0.15) is 29.3 Å². The lowest BCUT2D eigenvalue weighted by molar-refractivity contribution is -0.141. The first-order valence-corrected chi connectivity index (χ1v) is 10.6. The number of hydrogen-bond donors (Lipinski definition) is 0. The minimum atomic E-state index is -0.452. The van der Waals surface area contributed by atoms with E-state index in [9.17, 15) is 9.59 Å². The lowest BCUT2D eigenvalue weighted by Gasteiger charge is -2.07. The van der Waals surface area contributed by atoms with Gasteiger partial charge in [-0.05, 0) is 48.5 Å². The molecule has 0 bridgehead atoms. The van der Waals surface area contributed by atoms with Crippen molar-refractivity contribution in [2.75, 3.05) is 14.2 Å². The molecule has 0 saturated heterocycles. The van der Waals surface area contributed by atoms with Crippen LogP contribution in [0.15, 0.2) is 77.8 Å². The van der Waals surface area contributed by atoms with Crippen LogP contribution in [-0.4, -0.2) is 30.7 Å². The molecule has 3 aromatic carbocycles. The maximum atomic E-state index is 12.9. The number of hydrogen-bond acceptors (Lipinski definition) is 6. The lowest BCUT2D eigenvalue weighted by Crippen LogP contribution is -2.22. The summed E-state index contributed by atoms with van der Waals surface area (Å²) in [6.45, 7) is -0.0904. The Morgan fingerprint density at radius 1 is 0.906 bits per heavy atom. The molecule has 0 spiro atoms.